The van der Waals surface area contributed by atoms with Gasteiger partial charge in [0.05, 0.1) is 13.7 Å². The third-order valence-corrected chi connectivity index (χ3v) is 2.41. The Labute approximate surface area is 96.8 Å². The lowest BCUT2D eigenvalue weighted by atomic mass is 9.97. The highest BCUT2D eigenvalue weighted by atomic mass is 16.5. The summed E-state index contributed by atoms with van der Waals surface area (Å²) in [6.45, 7) is 5.95. The van der Waals surface area contributed by atoms with Gasteiger partial charge in [-0.25, -0.2) is 4.79 Å². The monoisotopic (exact) mass is 225 g/mol. The van der Waals surface area contributed by atoms with E-state index in [-0.39, 0.29) is 18.1 Å². The summed E-state index contributed by atoms with van der Waals surface area (Å²) in [5.41, 5.74) is -0.0157. The standard InChI is InChI=1S/C12H19NO3/c1-5-9(6-2)11(15-4)10(8-13)12(14)16-7-3/h9H,5-7H2,1-4H3. The zero-order valence-corrected chi connectivity index (χ0v) is 10.4. The summed E-state index contributed by atoms with van der Waals surface area (Å²) in [6.07, 6.45) is 1.65. The van der Waals surface area contributed by atoms with Crippen LogP contribution in [0, 0.1) is 17.2 Å². The Balaban J connectivity index is 5.21. The molecule has 0 saturated carbocycles. The van der Waals surface area contributed by atoms with E-state index >= 15 is 0 Å². The fourth-order valence-corrected chi connectivity index (χ4v) is 1.54. The first-order valence-electron chi connectivity index (χ1n) is 5.51. The van der Waals surface area contributed by atoms with Gasteiger partial charge >= 0.3 is 5.97 Å². The molecule has 4 heteroatoms. The third-order valence-electron chi connectivity index (χ3n) is 2.41. The van der Waals surface area contributed by atoms with Crippen molar-refractivity contribution in [1.29, 1.82) is 5.26 Å². The summed E-state index contributed by atoms with van der Waals surface area (Å²) in [5, 5.41) is 8.98. The van der Waals surface area contributed by atoms with Gasteiger partial charge in [-0.15, -0.1) is 0 Å². The maximum atomic E-state index is 11.5. The molecular formula is C12H19NO3. The van der Waals surface area contributed by atoms with E-state index < -0.39 is 5.97 Å². The van der Waals surface area contributed by atoms with Crippen molar-refractivity contribution in [2.24, 2.45) is 5.92 Å². The van der Waals surface area contributed by atoms with Crippen molar-refractivity contribution in [3.05, 3.63) is 11.3 Å². The number of nitrogens with zero attached hydrogens (tertiary/aromatic N) is 1. The number of rotatable bonds is 6. The van der Waals surface area contributed by atoms with Crippen LogP contribution in [0.5, 0.6) is 0 Å². The van der Waals surface area contributed by atoms with E-state index in [1.165, 1.54) is 7.11 Å². The van der Waals surface area contributed by atoms with Crippen molar-refractivity contribution in [2.75, 3.05) is 13.7 Å². The molecule has 0 fully saturated rings. The average molecular weight is 225 g/mol. The Bertz CT molecular complexity index is 298. The van der Waals surface area contributed by atoms with Crippen molar-refractivity contribution in [3.8, 4) is 6.07 Å². The molecule has 0 N–H and O–H groups in total. The summed E-state index contributed by atoms with van der Waals surface area (Å²) in [7, 11) is 1.48. The molecule has 0 radical (unpaired) electrons. The Hall–Kier alpha value is -1.50. The van der Waals surface area contributed by atoms with Crippen LogP contribution in [-0.4, -0.2) is 19.7 Å². The molecule has 0 rings (SSSR count). The van der Waals surface area contributed by atoms with E-state index in [0.717, 1.165) is 12.8 Å². The van der Waals surface area contributed by atoms with E-state index in [1.807, 2.05) is 19.9 Å². The maximum Gasteiger partial charge on any atom is 0.352 e. The molecule has 0 atom stereocenters. The molecule has 0 aliphatic rings. The Morgan fingerprint density at radius 2 is 1.88 bits per heavy atom. The van der Waals surface area contributed by atoms with Crippen LogP contribution in [-0.2, 0) is 14.3 Å². The van der Waals surface area contributed by atoms with E-state index in [0.29, 0.717) is 5.76 Å². The summed E-state index contributed by atoms with van der Waals surface area (Å²) >= 11 is 0. The van der Waals surface area contributed by atoms with Crippen molar-refractivity contribution >= 4 is 5.97 Å². The van der Waals surface area contributed by atoms with Gasteiger partial charge in [-0.3, -0.25) is 0 Å². The second kappa shape index (κ2) is 7.75. The largest absolute Gasteiger partial charge is 0.499 e. The molecule has 0 bridgehead atoms. The van der Waals surface area contributed by atoms with Crippen molar-refractivity contribution < 1.29 is 14.3 Å². The minimum absolute atomic E-state index is 0.0157. The number of hydrogen-bond acceptors (Lipinski definition) is 4. The van der Waals surface area contributed by atoms with Gasteiger partial charge in [-0.05, 0) is 19.8 Å². The predicted octanol–water partition coefficient (Wildman–Crippen LogP) is 2.41. The zero-order chi connectivity index (χ0) is 12.6. The summed E-state index contributed by atoms with van der Waals surface area (Å²) < 4.78 is 9.99. The Kier molecular flexibility index (Phi) is 7.02. The second-order valence-corrected chi connectivity index (χ2v) is 3.29. The van der Waals surface area contributed by atoms with Crippen molar-refractivity contribution in [2.45, 2.75) is 33.6 Å². The number of esters is 1. The first-order valence-corrected chi connectivity index (χ1v) is 5.51. The van der Waals surface area contributed by atoms with Gasteiger partial charge in [0.2, 0.25) is 0 Å². The maximum absolute atomic E-state index is 11.5. The van der Waals surface area contributed by atoms with Crippen LogP contribution in [0.2, 0.25) is 0 Å². The quantitative estimate of drug-likeness (QED) is 0.301. The third kappa shape index (κ3) is 3.58. The highest BCUT2D eigenvalue weighted by Crippen LogP contribution is 2.23. The molecule has 90 valence electrons. The Morgan fingerprint density at radius 1 is 1.31 bits per heavy atom. The van der Waals surface area contributed by atoms with Crippen LogP contribution in [0.1, 0.15) is 33.6 Å². The number of ether oxygens (including phenoxy) is 2. The van der Waals surface area contributed by atoms with Gasteiger partial charge < -0.3 is 9.47 Å². The van der Waals surface area contributed by atoms with Gasteiger partial charge in [-0.1, -0.05) is 13.8 Å². The minimum Gasteiger partial charge on any atom is -0.499 e. The fourth-order valence-electron chi connectivity index (χ4n) is 1.54. The molecule has 0 aliphatic heterocycles. The normalized spacial score (nSPS) is 11.8. The molecule has 0 amide bonds. The lowest BCUT2D eigenvalue weighted by molar-refractivity contribution is -0.138. The van der Waals surface area contributed by atoms with Crippen LogP contribution >= 0.6 is 0 Å². The predicted molar refractivity (Wildman–Crippen MR) is 60.4 cm³/mol. The molecule has 0 saturated heterocycles. The van der Waals surface area contributed by atoms with Gasteiger partial charge in [0.25, 0.3) is 0 Å². The smallest absolute Gasteiger partial charge is 0.352 e. The lowest BCUT2D eigenvalue weighted by Crippen LogP contribution is -2.14. The van der Waals surface area contributed by atoms with Gasteiger partial charge in [0.1, 0.15) is 11.8 Å². The van der Waals surface area contributed by atoms with E-state index in [4.69, 9.17) is 14.7 Å². The van der Waals surface area contributed by atoms with Crippen LogP contribution in [0.15, 0.2) is 11.3 Å². The number of nitriles is 1. The number of methoxy groups -OCH3 is 1. The first-order chi connectivity index (χ1) is 7.65. The number of allylic oxidation sites excluding steroid dienone is 1. The van der Waals surface area contributed by atoms with Crippen LogP contribution in [0.3, 0.4) is 0 Å². The van der Waals surface area contributed by atoms with Crippen molar-refractivity contribution in [1.82, 2.24) is 0 Å². The van der Waals surface area contributed by atoms with E-state index in [2.05, 4.69) is 0 Å². The molecule has 0 aromatic heterocycles. The summed E-state index contributed by atoms with van der Waals surface area (Å²) in [6, 6.07) is 1.87. The molecular weight excluding hydrogens is 206 g/mol. The highest BCUT2D eigenvalue weighted by molar-refractivity contribution is 5.93. The minimum atomic E-state index is -0.603. The number of hydrogen-bond donors (Lipinski definition) is 0. The highest BCUT2D eigenvalue weighted by Gasteiger charge is 2.22. The van der Waals surface area contributed by atoms with Crippen LogP contribution in [0.4, 0.5) is 0 Å². The van der Waals surface area contributed by atoms with Gasteiger partial charge in [0, 0.05) is 5.92 Å². The SMILES string of the molecule is CCOC(=O)C(C#N)=C(OC)C(CC)CC. The second-order valence-electron chi connectivity index (χ2n) is 3.29. The molecule has 0 spiro atoms. The van der Waals surface area contributed by atoms with Gasteiger partial charge in [-0.2, -0.15) is 5.26 Å². The summed E-state index contributed by atoms with van der Waals surface area (Å²) in [5.74, 6) is -0.0799. The zero-order valence-electron chi connectivity index (χ0n) is 10.4. The molecule has 16 heavy (non-hydrogen) atoms. The summed E-state index contributed by atoms with van der Waals surface area (Å²) in [4.78, 5) is 11.5. The van der Waals surface area contributed by atoms with Crippen LogP contribution in [0.25, 0.3) is 0 Å². The molecule has 0 unspecified atom stereocenters. The number of carbonyl (C=O) groups excluding carboxylic acids is 1. The fraction of sp³-hybridized carbons (Fsp3) is 0.667. The van der Waals surface area contributed by atoms with Crippen molar-refractivity contribution in [3.63, 3.8) is 0 Å². The molecule has 0 aromatic rings. The molecule has 0 aliphatic carbocycles. The Morgan fingerprint density at radius 3 is 2.19 bits per heavy atom. The average Bonchev–Trinajstić information content (AvgIpc) is 2.29. The first kappa shape index (κ1) is 14.5. The molecule has 0 aromatic carbocycles. The van der Waals surface area contributed by atoms with E-state index in [9.17, 15) is 4.79 Å². The number of carbonyl (C=O) groups is 1. The topological polar surface area (TPSA) is 59.3 Å². The molecule has 0 heterocycles. The lowest BCUT2D eigenvalue weighted by Gasteiger charge is -2.16. The van der Waals surface area contributed by atoms with Gasteiger partial charge in [0.15, 0.2) is 5.57 Å². The van der Waals surface area contributed by atoms with Crippen LogP contribution < -0.4 is 0 Å². The molecule has 4 nitrogen and oxygen atoms in total. The van der Waals surface area contributed by atoms with E-state index in [1.54, 1.807) is 6.92 Å².